The van der Waals surface area contributed by atoms with Crippen molar-refractivity contribution in [1.29, 1.82) is 0 Å². The van der Waals surface area contributed by atoms with Crippen molar-refractivity contribution in [1.82, 2.24) is 20.5 Å². The van der Waals surface area contributed by atoms with Gasteiger partial charge in [-0.05, 0) is 51.2 Å². The molecular formula is C21H38IN5. The van der Waals surface area contributed by atoms with Gasteiger partial charge in [0.1, 0.15) is 0 Å². The number of rotatable bonds is 7. The zero-order valence-corrected chi connectivity index (χ0v) is 20.0. The molecule has 0 aliphatic carbocycles. The lowest BCUT2D eigenvalue weighted by molar-refractivity contribution is 0.0512. The van der Waals surface area contributed by atoms with Gasteiger partial charge in [0.05, 0.1) is 6.54 Å². The molecule has 2 N–H and O–H groups in total. The topological polar surface area (TPSA) is 52.6 Å². The smallest absolute Gasteiger partial charge is 0.191 e. The lowest BCUT2D eigenvalue weighted by Crippen LogP contribution is -2.53. The molecule has 154 valence electrons. The van der Waals surface area contributed by atoms with Crippen LogP contribution < -0.4 is 10.6 Å². The Kier molecular flexibility index (Phi) is 10.6. The third-order valence-corrected chi connectivity index (χ3v) is 5.09. The molecular weight excluding hydrogens is 449 g/mol. The van der Waals surface area contributed by atoms with E-state index in [1.165, 1.54) is 19.5 Å². The maximum absolute atomic E-state index is 4.87. The predicted octanol–water partition coefficient (Wildman–Crippen LogP) is 3.55. The molecule has 1 fully saturated rings. The second-order valence-corrected chi connectivity index (χ2v) is 8.36. The summed E-state index contributed by atoms with van der Waals surface area (Å²) in [5, 5.41) is 6.80. The van der Waals surface area contributed by atoms with Crippen molar-refractivity contribution in [2.45, 2.75) is 53.0 Å². The SMILES string of the molecule is CCNC(=NCC(C)(C)N1CC(C)CC(C)C1)NCCc1ccccn1.I. The first-order valence-electron chi connectivity index (χ1n) is 10.1. The molecule has 1 saturated heterocycles. The van der Waals surface area contributed by atoms with E-state index in [9.17, 15) is 0 Å². The minimum atomic E-state index is 0. The largest absolute Gasteiger partial charge is 0.357 e. The van der Waals surface area contributed by atoms with Gasteiger partial charge in [0.2, 0.25) is 0 Å². The average Bonchev–Trinajstić information content (AvgIpc) is 2.60. The Bertz CT molecular complexity index is 551. The lowest BCUT2D eigenvalue weighted by Gasteiger charge is -2.44. The highest BCUT2D eigenvalue weighted by atomic mass is 127. The summed E-state index contributed by atoms with van der Waals surface area (Å²) >= 11 is 0. The summed E-state index contributed by atoms with van der Waals surface area (Å²) in [5.74, 6) is 2.44. The minimum Gasteiger partial charge on any atom is -0.357 e. The molecule has 1 aliphatic heterocycles. The first-order chi connectivity index (χ1) is 12.4. The standard InChI is InChI=1S/C21H37N5.HI/c1-6-22-20(24-12-10-19-9-7-8-11-23-19)25-16-21(4,5)26-14-17(2)13-18(3)15-26;/h7-9,11,17-18H,6,10,12-16H2,1-5H3,(H2,22,24,25);1H. The van der Waals surface area contributed by atoms with Crippen LogP contribution in [0.2, 0.25) is 0 Å². The quantitative estimate of drug-likeness (QED) is 0.351. The molecule has 0 saturated carbocycles. The van der Waals surface area contributed by atoms with E-state index in [0.717, 1.165) is 49.5 Å². The monoisotopic (exact) mass is 487 g/mol. The number of halogens is 1. The van der Waals surface area contributed by atoms with Gasteiger partial charge in [-0.25, -0.2) is 0 Å². The van der Waals surface area contributed by atoms with E-state index in [0.29, 0.717) is 0 Å². The molecule has 0 amide bonds. The zero-order valence-electron chi connectivity index (χ0n) is 17.7. The Morgan fingerprint density at radius 1 is 1.22 bits per heavy atom. The molecule has 0 radical (unpaired) electrons. The third-order valence-electron chi connectivity index (χ3n) is 5.09. The van der Waals surface area contributed by atoms with E-state index in [1.807, 2.05) is 18.3 Å². The number of piperidine rings is 1. The van der Waals surface area contributed by atoms with Gasteiger partial charge >= 0.3 is 0 Å². The highest BCUT2D eigenvalue weighted by Gasteiger charge is 2.32. The lowest BCUT2D eigenvalue weighted by atomic mass is 9.88. The molecule has 2 heterocycles. The van der Waals surface area contributed by atoms with E-state index < -0.39 is 0 Å². The Hall–Kier alpha value is -0.890. The van der Waals surface area contributed by atoms with Crippen molar-refractivity contribution < 1.29 is 0 Å². The van der Waals surface area contributed by atoms with E-state index >= 15 is 0 Å². The van der Waals surface area contributed by atoms with Crippen molar-refractivity contribution in [2.75, 3.05) is 32.7 Å². The molecule has 0 spiro atoms. The number of hydrogen-bond donors (Lipinski definition) is 2. The van der Waals surface area contributed by atoms with Crippen LogP contribution in [0.1, 0.15) is 46.7 Å². The first-order valence-corrected chi connectivity index (χ1v) is 10.1. The summed E-state index contributed by atoms with van der Waals surface area (Å²) in [7, 11) is 0. The number of nitrogens with zero attached hydrogens (tertiary/aromatic N) is 3. The summed E-state index contributed by atoms with van der Waals surface area (Å²) in [6.45, 7) is 16.3. The number of guanidine groups is 1. The van der Waals surface area contributed by atoms with E-state index in [1.54, 1.807) is 0 Å². The predicted molar refractivity (Wildman–Crippen MR) is 126 cm³/mol. The molecule has 5 nitrogen and oxygen atoms in total. The summed E-state index contributed by atoms with van der Waals surface area (Å²) in [6, 6.07) is 6.05. The van der Waals surface area contributed by atoms with Gasteiger partial charge in [0.15, 0.2) is 5.96 Å². The molecule has 2 atom stereocenters. The normalized spacial score (nSPS) is 21.4. The Morgan fingerprint density at radius 2 is 1.93 bits per heavy atom. The van der Waals surface area contributed by atoms with Gasteiger partial charge in [-0.2, -0.15) is 0 Å². The van der Waals surface area contributed by atoms with Crippen LogP contribution in [0.5, 0.6) is 0 Å². The van der Waals surface area contributed by atoms with Crippen LogP contribution in [-0.4, -0.2) is 54.1 Å². The Labute approximate surface area is 182 Å². The van der Waals surface area contributed by atoms with Crippen molar-refractivity contribution in [3.05, 3.63) is 30.1 Å². The summed E-state index contributed by atoms with van der Waals surface area (Å²) < 4.78 is 0. The van der Waals surface area contributed by atoms with Crippen LogP contribution in [0.3, 0.4) is 0 Å². The molecule has 27 heavy (non-hydrogen) atoms. The number of hydrogen-bond acceptors (Lipinski definition) is 3. The van der Waals surface area contributed by atoms with Gasteiger partial charge in [-0.1, -0.05) is 19.9 Å². The van der Waals surface area contributed by atoms with Crippen LogP contribution in [0.25, 0.3) is 0 Å². The third kappa shape index (κ3) is 8.34. The van der Waals surface area contributed by atoms with E-state index in [4.69, 9.17) is 4.99 Å². The van der Waals surface area contributed by atoms with Crippen LogP contribution >= 0.6 is 24.0 Å². The molecule has 0 bridgehead atoms. The van der Waals surface area contributed by atoms with Gasteiger partial charge in [0.25, 0.3) is 0 Å². The first kappa shape index (κ1) is 24.1. The fourth-order valence-corrected chi connectivity index (χ4v) is 3.73. The van der Waals surface area contributed by atoms with E-state index in [2.05, 4.69) is 61.2 Å². The second kappa shape index (κ2) is 11.8. The van der Waals surface area contributed by atoms with E-state index in [-0.39, 0.29) is 29.5 Å². The number of likely N-dealkylation sites (tertiary alicyclic amines) is 1. The van der Waals surface area contributed by atoms with Crippen LogP contribution in [0, 0.1) is 11.8 Å². The second-order valence-electron chi connectivity index (χ2n) is 8.36. The molecule has 6 heteroatoms. The van der Waals surface area contributed by atoms with Crippen LogP contribution in [0.15, 0.2) is 29.4 Å². The molecule has 2 rings (SSSR count). The highest BCUT2D eigenvalue weighted by molar-refractivity contribution is 14.0. The maximum Gasteiger partial charge on any atom is 0.191 e. The van der Waals surface area contributed by atoms with Crippen LogP contribution in [0.4, 0.5) is 0 Å². The van der Waals surface area contributed by atoms with Crippen molar-refractivity contribution in [3.8, 4) is 0 Å². The highest BCUT2D eigenvalue weighted by Crippen LogP contribution is 2.27. The van der Waals surface area contributed by atoms with Crippen molar-refractivity contribution in [3.63, 3.8) is 0 Å². The summed E-state index contributed by atoms with van der Waals surface area (Å²) in [5.41, 5.74) is 1.18. The summed E-state index contributed by atoms with van der Waals surface area (Å²) in [4.78, 5) is 11.9. The fraction of sp³-hybridized carbons (Fsp3) is 0.714. The zero-order chi connectivity index (χ0) is 19.0. The van der Waals surface area contributed by atoms with Crippen molar-refractivity contribution >= 4 is 29.9 Å². The molecule has 1 aromatic rings. The summed E-state index contributed by atoms with van der Waals surface area (Å²) in [6.07, 6.45) is 4.08. The Morgan fingerprint density at radius 3 is 2.52 bits per heavy atom. The molecule has 0 aromatic carbocycles. The number of aliphatic imine (C=N–C) groups is 1. The Balaban J connectivity index is 0.00000364. The van der Waals surface area contributed by atoms with Gasteiger partial charge < -0.3 is 10.6 Å². The number of aromatic nitrogens is 1. The number of pyridine rings is 1. The van der Waals surface area contributed by atoms with Gasteiger partial charge in [-0.3, -0.25) is 14.9 Å². The van der Waals surface area contributed by atoms with Gasteiger partial charge in [0, 0.05) is 50.0 Å². The van der Waals surface area contributed by atoms with Crippen LogP contribution in [-0.2, 0) is 6.42 Å². The molecule has 1 aliphatic rings. The molecule has 1 aromatic heterocycles. The minimum absolute atomic E-state index is 0. The van der Waals surface area contributed by atoms with Crippen molar-refractivity contribution in [2.24, 2.45) is 16.8 Å². The molecule has 2 unspecified atom stereocenters. The number of nitrogens with one attached hydrogen (secondary N) is 2. The fourth-order valence-electron chi connectivity index (χ4n) is 3.73. The van der Waals surface area contributed by atoms with Gasteiger partial charge in [-0.15, -0.1) is 24.0 Å². The maximum atomic E-state index is 4.87. The average molecular weight is 487 g/mol.